The number of pyridine rings is 1. The van der Waals surface area contributed by atoms with Crippen molar-refractivity contribution in [3.8, 4) is 10.6 Å². The fourth-order valence-corrected chi connectivity index (χ4v) is 2.97. The van der Waals surface area contributed by atoms with Crippen molar-refractivity contribution < 1.29 is 4.39 Å². The van der Waals surface area contributed by atoms with Crippen LogP contribution in [0.5, 0.6) is 0 Å². The lowest BCUT2D eigenvalue weighted by Gasteiger charge is -2.04. The van der Waals surface area contributed by atoms with Gasteiger partial charge in [-0.15, -0.1) is 0 Å². The summed E-state index contributed by atoms with van der Waals surface area (Å²) >= 11 is 7.49. The van der Waals surface area contributed by atoms with Crippen LogP contribution >= 0.6 is 22.9 Å². The van der Waals surface area contributed by atoms with E-state index in [9.17, 15) is 4.39 Å². The normalized spacial score (nSPS) is 10.9. The number of aromatic nitrogens is 2. The first kappa shape index (κ1) is 12.3. The molecule has 0 aliphatic rings. The Kier molecular flexibility index (Phi) is 3.08. The van der Waals surface area contributed by atoms with Gasteiger partial charge in [0.15, 0.2) is 0 Å². The first-order valence-corrected chi connectivity index (χ1v) is 6.77. The number of benzene rings is 1. The first-order valence-electron chi connectivity index (χ1n) is 5.58. The summed E-state index contributed by atoms with van der Waals surface area (Å²) in [5.41, 5.74) is 2.44. The molecule has 0 aliphatic carbocycles. The molecule has 0 bridgehead atoms. The maximum Gasteiger partial charge on any atom is 0.214 e. The van der Waals surface area contributed by atoms with Crippen molar-refractivity contribution in [3.05, 3.63) is 41.3 Å². The fourth-order valence-electron chi connectivity index (χ4n) is 1.77. The molecule has 19 heavy (non-hydrogen) atoms. The Labute approximate surface area is 118 Å². The van der Waals surface area contributed by atoms with Gasteiger partial charge in [-0.3, -0.25) is 0 Å². The second-order valence-electron chi connectivity index (χ2n) is 3.92. The third kappa shape index (κ3) is 2.27. The summed E-state index contributed by atoms with van der Waals surface area (Å²) in [6, 6.07) is 8.58. The Hall–Kier alpha value is -1.72. The molecule has 0 saturated heterocycles. The Morgan fingerprint density at radius 3 is 2.79 bits per heavy atom. The predicted molar refractivity (Wildman–Crippen MR) is 77.4 cm³/mol. The van der Waals surface area contributed by atoms with Crippen molar-refractivity contribution in [3.63, 3.8) is 0 Å². The van der Waals surface area contributed by atoms with Gasteiger partial charge in [0.2, 0.25) is 5.95 Å². The number of halogens is 2. The summed E-state index contributed by atoms with van der Waals surface area (Å²) in [6.45, 7) is 0. The highest BCUT2D eigenvalue weighted by Crippen LogP contribution is 2.32. The third-order valence-corrected chi connectivity index (χ3v) is 4.03. The summed E-state index contributed by atoms with van der Waals surface area (Å²) in [4.78, 5) is 8.84. The Balaban J connectivity index is 2.11. The number of nitrogens with one attached hydrogen (secondary N) is 1. The molecule has 2 aromatic heterocycles. The molecule has 0 unspecified atom stereocenters. The standard InChI is InChI=1S/C13H9ClFN3S/c1-16-9-3-2-7(6-8(9)14)12-17-10-4-5-11(15)18-13(10)19-12/h2-6,16H,1H3/i14-3. The second-order valence-corrected chi connectivity index (χ2v) is 5.31. The first-order chi connectivity index (χ1) is 9.17. The van der Waals surface area contributed by atoms with Crippen LogP contribution in [0.2, 0.25) is 5.02 Å². The zero-order chi connectivity index (χ0) is 13.4. The van der Waals surface area contributed by atoms with Gasteiger partial charge in [-0.1, -0.05) is 22.9 Å². The van der Waals surface area contributed by atoms with E-state index in [1.807, 2.05) is 25.2 Å². The van der Waals surface area contributed by atoms with E-state index < -0.39 is 5.95 Å². The van der Waals surface area contributed by atoms with Gasteiger partial charge in [0.1, 0.15) is 15.4 Å². The lowest BCUT2D eigenvalue weighted by Crippen LogP contribution is -1.88. The highest BCUT2D eigenvalue weighted by Gasteiger charge is 2.09. The molecule has 1 aromatic carbocycles. The minimum absolute atomic E-state index is 0.494. The van der Waals surface area contributed by atoms with Crippen molar-refractivity contribution in [2.75, 3.05) is 12.4 Å². The Morgan fingerprint density at radius 1 is 1.21 bits per heavy atom. The molecule has 2 heterocycles. The molecule has 96 valence electrons. The maximum absolute atomic E-state index is 13.0. The van der Waals surface area contributed by atoms with Gasteiger partial charge in [-0.2, -0.15) is 4.39 Å². The number of hydrogen-bond acceptors (Lipinski definition) is 4. The minimum atomic E-state index is -0.494. The van der Waals surface area contributed by atoms with E-state index in [0.717, 1.165) is 16.3 Å². The summed E-state index contributed by atoms with van der Waals surface area (Å²) in [7, 11) is 1.81. The average molecular weight is 290 g/mol. The lowest BCUT2D eigenvalue weighted by molar-refractivity contribution is 0.589. The van der Waals surface area contributed by atoms with Crippen LogP contribution < -0.4 is 5.32 Å². The van der Waals surface area contributed by atoms with Crippen LogP contribution in [0.1, 0.15) is 0 Å². The van der Waals surface area contributed by atoms with Crippen LogP contribution in [0.15, 0.2) is 30.3 Å². The maximum atomic E-state index is 13.0. The molecule has 0 aliphatic heterocycles. The highest BCUT2D eigenvalue weighted by molar-refractivity contribution is 7.21. The predicted octanol–water partition coefficient (Wildman–Crippen LogP) is 4.19. The van der Waals surface area contributed by atoms with Crippen LogP contribution in [-0.4, -0.2) is 17.0 Å². The van der Waals surface area contributed by atoms with Crippen molar-refractivity contribution in [2.24, 2.45) is 0 Å². The molecule has 0 saturated carbocycles. The van der Waals surface area contributed by atoms with E-state index >= 15 is 0 Å². The van der Waals surface area contributed by atoms with Gasteiger partial charge >= 0.3 is 0 Å². The van der Waals surface area contributed by atoms with E-state index in [-0.39, 0.29) is 0 Å². The summed E-state index contributed by atoms with van der Waals surface area (Å²) in [6.07, 6.45) is 0. The quantitative estimate of drug-likeness (QED) is 0.719. The van der Waals surface area contributed by atoms with Gasteiger partial charge in [-0.05, 0) is 30.3 Å². The number of rotatable bonds is 2. The van der Waals surface area contributed by atoms with Gasteiger partial charge < -0.3 is 5.32 Å². The number of thiazole rings is 1. The molecule has 0 atom stereocenters. The number of fused-ring (bicyclic) bond motifs is 1. The SMILES string of the molecule is CNc1ccc(-c2nc3ccc(F)nc3s2)cc1[32Cl]. The van der Waals surface area contributed by atoms with Crippen LogP contribution in [0.3, 0.4) is 0 Å². The Bertz CT molecular complexity index is 757. The van der Waals surface area contributed by atoms with E-state index in [4.69, 9.17) is 11.6 Å². The summed E-state index contributed by atoms with van der Waals surface area (Å²) in [5.74, 6) is -0.494. The zero-order valence-electron chi connectivity index (χ0n) is 9.95. The van der Waals surface area contributed by atoms with Crippen LogP contribution in [0.25, 0.3) is 20.9 Å². The highest BCUT2D eigenvalue weighted by atomic mass is 32.1. The topological polar surface area (TPSA) is 37.8 Å². The monoisotopic (exact) mass is 290 g/mol. The van der Waals surface area contributed by atoms with Crippen LogP contribution in [0, 0.1) is 5.95 Å². The number of anilines is 1. The molecular formula is C13H9ClFN3S. The molecule has 1 N–H and O–H groups in total. The second kappa shape index (κ2) is 4.75. The van der Waals surface area contributed by atoms with Gasteiger partial charge in [0.05, 0.1) is 10.7 Å². The zero-order valence-corrected chi connectivity index (χ0v) is 11.5. The van der Waals surface area contributed by atoms with E-state index in [2.05, 4.69) is 15.3 Å². The fraction of sp³-hybridized carbons (Fsp3) is 0.0769. The average Bonchev–Trinajstić information content (AvgIpc) is 2.81. The summed E-state index contributed by atoms with van der Waals surface area (Å²) in [5, 5.41) is 4.40. The number of hydrogen-bond donors (Lipinski definition) is 1. The van der Waals surface area contributed by atoms with Crippen molar-refractivity contribution >= 4 is 39.0 Å². The van der Waals surface area contributed by atoms with E-state index in [0.29, 0.717) is 15.4 Å². The molecule has 0 amide bonds. The molecule has 0 spiro atoms. The minimum Gasteiger partial charge on any atom is -0.387 e. The van der Waals surface area contributed by atoms with Gasteiger partial charge in [0, 0.05) is 12.6 Å². The molecule has 3 aromatic rings. The van der Waals surface area contributed by atoms with Crippen LogP contribution in [0.4, 0.5) is 10.1 Å². The van der Waals surface area contributed by atoms with Crippen molar-refractivity contribution in [1.29, 1.82) is 0 Å². The molecule has 3 nitrogen and oxygen atoms in total. The van der Waals surface area contributed by atoms with E-state index in [1.165, 1.54) is 17.4 Å². The lowest BCUT2D eigenvalue weighted by atomic mass is 10.2. The van der Waals surface area contributed by atoms with Crippen molar-refractivity contribution in [2.45, 2.75) is 0 Å². The van der Waals surface area contributed by atoms with Crippen LogP contribution in [-0.2, 0) is 0 Å². The molecule has 0 radical (unpaired) electrons. The molecule has 3 rings (SSSR count). The molecule has 6 heteroatoms. The molecule has 0 fully saturated rings. The largest absolute Gasteiger partial charge is 0.387 e. The number of nitrogens with zero attached hydrogens (tertiary/aromatic N) is 2. The van der Waals surface area contributed by atoms with Gasteiger partial charge in [-0.25, -0.2) is 9.97 Å². The van der Waals surface area contributed by atoms with Gasteiger partial charge in [0.25, 0.3) is 0 Å². The summed E-state index contributed by atoms with van der Waals surface area (Å²) < 4.78 is 13.0. The third-order valence-electron chi connectivity index (χ3n) is 2.71. The van der Waals surface area contributed by atoms with E-state index in [1.54, 1.807) is 6.07 Å². The Morgan fingerprint density at radius 2 is 2.05 bits per heavy atom. The molecular weight excluding hydrogens is 281 g/mol. The van der Waals surface area contributed by atoms with Crippen molar-refractivity contribution in [1.82, 2.24) is 9.97 Å². The smallest absolute Gasteiger partial charge is 0.214 e.